The van der Waals surface area contributed by atoms with Crippen LogP contribution in [0.4, 0.5) is 0 Å². The van der Waals surface area contributed by atoms with Gasteiger partial charge in [0.05, 0.1) is 21.1 Å². The highest BCUT2D eigenvalue weighted by Crippen LogP contribution is 1.79. The minimum atomic E-state index is 0.585. The second-order valence-corrected chi connectivity index (χ2v) is 2.27. The van der Waals surface area contributed by atoms with Crippen LogP contribution in [0.3, 0.4) is 0 Å². The number of hydrogen-bond acceptors (Lipinski definition) is 1. The third-order valence-corrected chi connectivity index (χ3v) is 0.761. The summed E-state index contributed by atoms with van der Waals surface area (Å²) in [5, 5.41) is 0. The topological polar surface area (TPSA) is 12.0 Å². The largest absolute Gasteiger partial charge is 0.239 e. The van der Waals surface area contributed by atoms with E-state index < -0.39 is 0 Å². The number of nitrogens with one attached hydrogen (secondary N) is 1. The molecule has 0 radical (unpaired) electrons. The van der Waals surface area contributed by atoms with Crippen LogP contribution in [-0.2, 0) is 0 Å². The van der Waals surface area contributed by atoms with Crippen LogP contribution in [0.1, 0.15) is 0 Å². The van der Waals surface area contributed by atoms with E-state index in [4.69, 9.17) is 11.8 Å². The molecule has 0 aliphatic heterocycles. The van der Waals surface area contributed by atoms with Gasteiger partial charge in [-0.1, -0.05) is 4.94 Å². The summed E-state index contributed by atoms with van der Waals surface area (Å²) >= 11 is 5.20. The molecular formula is C3H10ClN2+. The van der Waals surface area contributed by atoms with Gasteiger partial charge in [0.15, 0.2) is 0 Å². The van der Waals surface area contributed by atoms with Gasteiger partial charge >= 0.3 is 0 Å². The van der Waals surface area contributed by atoms with Gasteiger partial charge in [0.1, 0.15) is 0 Å². The zero-order chi connectivity index (χ0) is 5.21. The van der Waals surface area contributed by atoms with Gasteiger partial charge in [-0.15, -0.1) is 0 Å². The standard InChI is InChI=1S/C3H10ClN2/c1-6(2,3)5-4/h5H,1-3H3/q+1. The average Bonchev–Trinajstić information content (AvgIpc) is 1.35. The molecule has 38 valence electrons. The smallest absolute Gasteiger partial charge is 0.0864 e. The molecule has 3 heteroatoms. The van der Waals surface area contributed by atoms with Gasteiger partial charge in [-0.05, 0) is 0 Å². The fourth-order valence-electron chi connectivity index (χ4n) is 0. The van der Waals surface area contributed by atoms with Gasteiger partial charge in [0.2, 0.25) is 0 Å². The highest BCUT2D eigenvalue weighted by Gasteiger charge is 1.99. The maximum absolute atomic E-state index is 5.20. The minimum Gasteiger partial charge on any atom is -0.239 e. The summed E-state index contributed by atoms with van der Waals surface area (Å²) in [4.78, 5) is 2.51. The molecule has 0 amide bonds. The van der Waals surface area contributed by atoms with E-state index in [9.17, 15) is 0 Å². The quantitative estimate of drug-likeness (QED) is 0.291. The number of halogens is 1. The summed E-state index contributed by atoms with van der Waals surface area (Å²) in [5.74, 6) is 0. The van der Waals surface area contributed by atoms with Crippen LogP contribution in [0.15, 0.2) is 0 Å². The predicted octanol–water partition coefficient (Wildman–Crippen LogP) is 0.351. The van der Waals surface area contributed by atoms with E-state index in [1.165, 1.54) is 0 Å². The Morgan fingerprint density at radius 1 is 1.33 bits per heavy atom. The van der Waals surface area contributed by atoms with E-state index in [0.29, 0.717) is 4.59 Å². The lowest BCUT2D eigenvalue weighted by molar-refractivity contribution is -0.901. The Labute approximate surface area is 43.4 Å². The lowest BCUT2D eigenvalue weighted by Gasteiger charge is -2.17. The van der Waals surface area contributed by atoms with Crippen LogP contribution in [-0.4, -0.2) is 25.7 Å². The summed E-state index contributed by atoms with van der Waals surface area (Å²) in [6.45, 7) is 0. The van der Waals surface area contributed by atoms with Gasteiger partial charge in [-0.2, -0.15) is 0 Å². The molecule has 0 heterocycles. The van der Waals surface area contributed by atoms with E-state index in [2.05, 4.69) is 4.94 Å². The molecule has 0 saturated heterocycles. The van der Waals surface area contributed by atoms with Crippen molar-refractivity contribution < 1.29 is 4.59 Å². The first-order valence-electron chi connectivity index (χ1n) is 1.75. The molecular weight excluding hydrogens is 99.5 g/mol. The Morgan fingerprint density at radius 3 is 1.50 bits per heavy atom. The van der Waals surface area contributed by atoms with E-state index in [-0.39, 0.29) is 0 Å². The fraction of sp³-hybridized carbons (Fsp3) is 1.00. The zero-order valence-electron chi connectivity index (χ0n) is 4.33. The fourth-order valence-corrected chi connectivity index (χ4v) is 0. The van der Waals surface area contributed by atoms with Crippen molar-refractivity contribution in [3.8, 4) is 0 Å². The van der Waals surface area contributed by atoms with Crippen LogP contribution in [0, 0.1) is 0 Å². The van der Waals surface area contributed by atoms with Crippen molar-refractivity contribution in [3.05, 3.63) is 0 Å². The molecule has 0 aromatic rings. The Balaban J connectivity index is 3.17. The first-order chi connectivity index (χ1) is 2.56. The maximum Gasteiger partial charge on any atom is 0.0864 e. The zero-order valence-corrected chi connectivity index (χ0v) is 5.08. The van der Waals surface area contributed by atoms with Crippen molar-refractivity contribution in [1.29, 1.82) is 0 Å². The summed E-state index contributed by atoms with van der Waals surface area (Å²) in [6, 6.07) is 0. The van der Waals surface area contributed by atoms with Crippen molar-refractivity contribution in [2.75, 3.05) is 21.1 Å². The molecule has 0 bridgehead atoms. The van der Waals surface area contributed by atoms with Gasteiger partial charge < -0.3 is 0 Å². The van der Waals surface area contributed by atoms with Gasteiger partial charge in [0.25, 0.3) is 0 Å². The molecule has 0 saturated carbocycles. The second-order valence-electron chi connectivity index (χ2n) is 2.10. The Hall–Kier alpha value is 0.210. The van der Waals surface area contributed by atoms with Crippen molar-refractivity contribution >= 4 is 11.8 Å². The van der Waals surface area contributed by atoms with Gasteiger partial charge in [0, 0.05) is 11.8 Å². The molecule has 0 aliphatic carbocycles. The Morgan fingerprint density at radius 2 is 1.50 bits per heavy atom. The third-order valence-electron chi connectivity index (χ3n) is 0.254. The van der Waals surface area contributed by atoms with Crippen molar-refractivity contribution in [2.24, 2.45) is 0 Å². The SMILES string of the molecule is C[N+](C)(C)NCl. The lowest BCUT2D eigenvalue weighted by atomic mass is 10.9. The molecule has 6 heavy (non-hydrogen) atoms. The lowest BCUT2D eigenvalue weighted by Crippen LogP contribution is -2.42. The number of quaternary nitrogens is 1. The second kappa shape index (κ2) is 1.78. The van der Waals surface area contributed by atoms with E-state index in [1.54, 1.807) is 0 Å². The first-order valence-corrected chi connectivity index (χ1v) is 2.13. The van der Waals surface area contributed by atoms with Crippen molar-refractivity contribution in [3.63, 3.8) is 0 Å². The molecule has 1 N–H and O–H groups in total. The molecule has 0 aliphatic rings. The molecule has 0 spiro atoms. The summed E-state index contributed by atoms with van der Waals surface area (Å²) < 4.78 is 0.585. The minimum absolute atomic E-state index is 0.585. The van der Waals surface area contributed by atoms with Crippen molar-refractivity contribution in [1.82, 2.24) is 4.94 Å². The number of hydrogen-bond donors (Lipinski definition) is 1. The van der Waals surface area contributed by atoms with Crippen LogP contribution >= 0.6 is 11.8 Å². The van der Waals surface area contributed by atoms with Crippen LogP contribution < -0.4 is 4.94 Å². The Kier molecular flexibility index (Phi) is 1.84. The number of rotatable bonds is 1. The third kappa shape index (κ3) is 4.21. The maximum atomic E-state index is 5.20. The normalized spacial score (nSPS) is 12.0. The van der Waals surface area contributed by atoms with Gasteiger partial charge in [-0.3, -0.25) is 0 Å². The highest BCUT2D eigenvalue weighted by molar-refractivity contribution is 6.12. The van der Waals surface area contributed by atoms with Crippen molar-refractivity contribution in [2.45, 2.75) is 0 Å². The summed E-state index contributed by atoms with van der Waals surface area (Å²) in [7, 11) is 5.81. The number of nitrogens with zero attached hydrogens (tertiary/aromatic N) is 1. The van der Waals surface area contributed by atoms with E-state index in [0.717, 1.165) is 0 Å². The summed E-state index contributed by atoms with van der Waals surface area (Å²) in [5.41, 5.74) is 0. The molecule has 0 atom stereocenters. The monoisotopic (exact) mass is 109 g/mol. The Bertz CT molecular complexity index is 38.5. The molecule has 0 rings (SSSR count). The highest BCUT2D eigenvalue weighted by atomic mass is 35.5. The van der Waals surface area contributed by atoms with Crippen LogP contribution in [0.5, 0.6) is 0 Å². The van der Waals surface area contributed by atoms with Crippen LogP contribution in [0.25, 0.3) is 0 Å². The molecule has 0 fully saturated rings. The molecule has 0 aromatic heterocycles. The predicted molar refractivity (Wildman–Crippen MR) is 27.0 cm³/mol. The van der Waals surface area contributed by atoms with E-state index in [1.807, 2.05) is 21.1 Å². The van der Waals surface area contributed by atoms with E-state index >= 15 is 0 Å². The molecule has 2 nitrogen and oxygen atoms in total. The first kappa shape index (κ1) is 6.21. The van der Waals surface area contributed by atoms with Crippen LogP contribution in [0.2, 0.25) is 0 Å². The average molecular weight is 110 g/mol. The van der Waals surface area contributed by atoms with Gasteiger partial charge in [-0.25, -0.2) is 4.59 Å². The summed E-state index contributed by atoms with van der Waals surface area (Å²) in [6.07, 6.45) is 0. The molecule has 0 unspecified atom stereocenters. The molecule has 0 aromatic carbocycles.